The Morgan fingerprint density at radius 3 is 2.83 bits per heavy atom. The van der Waals surface area contributed by atoms with Crippen LogP contribution in [0.25, 0.3) is 0 Å². The minimum Gasteiger partial charge on any atom is -0.323 e. The van der Waals surface area contributed by atoms with Crippen molar-refractivity contribution in [2.24, 2.45) is 0 Å². The lowest BCUT2D eigenvalue weighted by atomic mass is 10.3. The number of carbonyl (C=O) groups excluding carboxylic acids is 1. The average molecular weight is 205 g/mol. The molecule has 5 heteroatoms. The number of hydrogen-bond acceptors (Lipinski definition) is 2. The Hall–Kier alpha value is -0.800. The molecule has 0 atom stereocenters. The first-order valence-corrected chi connectivity index (χ1v) is 4.06. The molecule has 0 spiro atoms. The molecule has 0 saturated carbocycles. The first-order valence-electron chi connectivity index (χ1n) is 3.19. The Labute approximate surface area is 79.7 Å². The van der Waals surface area contributed by atoms with Gasteiger partial charge in [-0.25, -0.2) is 0 Å². The quantitative estimate of drug-likeness (QED) is 0.588. The van der Waals surface area contributed by atoms with Crippen molar-refractivity contribution in [2.75, 3.05) is 0 Å². The Morgan fingerprint density at radius 2 is 2.33 bits per heavy atom. The maximum absolute atomic E-state index is 11.1. The van der Waals surface area contributed by atoms with Crippen LogP contribution >= 0.6 is 23.2 Å². The molecule has 1 aromatic rings. The molecule has 0 aromatic carbocycles. The lowest BCUT2D eigenvalue weighted by Crippen LogP contribution is -2.26. The summed E-state index contributed by atoms with van der Waals surface area (Å²) in [6, 6.07) is 3.28. The molecule has 3 nitrogen and oxygen atoms in total. The molecule has 0 saturated heterocycles. The summed E-state index contributed by atoms with van der Waals surface area (Å²) in [4.78, 5) is 14.0. The summed E-state index contributed by atoms with van der Waals surface area (Å²) in [5.41, 5.74) is 0.434. The van der Waals surface area contributed by atoms with Gasteiger partial charge in [0.15, 0.2) is 4.96 Å². The van der Waals surface area contributed by atoms with E-state index in [4.69, 9.17) is 23.2 Å². The van der Waals surface area contributed by atoms with Gasteiger partial charge < -0.3 is 5.32 Å². The number of aromatic nitrogens is 1. The number of pyridine rings is 1. The fraction of sp³-hybridized carbons (Fsp3) is 0.143. The van der Waals surface area contributed by atoms with E-state index in [0.717, 1.165) is 0 Å². The van der Waals surface area contributed by atoms with Crippen molar-refractivity contribution in [1.29, 1.82) is 0 Å². The number of alkyl halides is 2. The van der Waals surface area contributed by atoms with E-state index in [1.165, 1.54) is 6.20 Å². The normalized spacial score (nSPS) is 9.92. The highest BCUT2D eigenvalue weighted by molar-refractivity contribution is 6.44. The third-order valence-electron chi connectivity index (χ3n) is 1.16. The van der Waals surface area contributed by atoms with Crippen molar-refractivity contribution >= 4 is 29.1 Å². The van der Waals surface area contributed by atoms with Gasteiger partial charge in [-0.1, -0.05) is 23.2 Å². The van der Waals surface area contributed by atoms with Crippen molar-refractivity contribution < 1.29 is 4.79 Å². The van der Waals surface area contributed by atoms with Gasteiger partial charge in [-0.2, -0.15) is 0 Å². The summed E-state index contributed by atoms with van der Waals surface area (Å²) in [6.07, 6.45) is 3.02. The highest BCUT2D eigenvalue weighted by atomic mass is 35.5. The Balaban J connectivity index is 2.66. The first-order chi connectivity index (χ1) is 5.70. The van der Waals surface area contributed by atoms with Crippen LogP contribution in [0.1, 0.15) is 10.4 Å². The Morgan fingerprint density at radius 1 is 1.58 bits per heavy atom. The van der Waals surface area contributed by atoms with E-state index in [2.05, 4.69) is 10.3 Å². The van der Waals surface area contributed by atoms with E-state index in [1.54, 1.807) is 18.3 Å². The fourth-order valence-electron chi connectivity index (χ4n) is 0.680. The van der Waals surface area contributed by atoms with E-state index >= 15 is 0 Å². The molecule has 0 aliphatic carbocycles. The van der Waals surface area contributed by atoms with Gasteiger partial charge in [0, 0.05) is 12.4 Å². The smallest absolute Gasteiger partial charge is 0.254 e. The predicted molar refractivity (Wildman–Crippen MR) is 47.2 cm³/mol. The molecule has 1 aromatic heterocycles. The summed E-state index contributed by atoms with van der Waals surface area (Å²) in [5.74, 6) is -0.335. The summed E-state index contributed by atoms with van der Waals surface area (Å²) < 4.78 is 0. The summed E-state index contributed by atoms with van der Waals surface area (Å²) >= 11 is 10.7. The van der Waals surface area contributed by atoms with E-state index in [-0.39, 0.29) is 5.91 Å². The number of rotatable bonds is 2. The largest absolute Gasteiger partial charge is 0.323 e. The van der Waals surface area contributed by atoms with E-state index < -0.39 is 4.96 Å². The zero-order valence-electron chi connectivity index (χ0n) is 6.00. The lowest BCUT2D eigenvalue weighted by molar-refractivity contribution is 0.0956. The highest BCUT2D eigenvalue weighted by Gasteiger charge is 2.07. The first kappa shape index (κ1) is 9.29. The molecule has 0 bridgehead atoms. The number of carbonyl (C=O) groups is 1. The summed E-state index contributed by atoms with van der Waals surface area (Å²) in [6.45, 7) is 0. The van der Waals surface area contributed by atoms with E-state index in [1.807, 2.05) is 0 Å². The number of nitrogens with zero attached hydrogens (tertiary/aromatic N) is 1. The van der Waals surface area contributed by atoms with Gasteiger partial charge in [-0.15, -0.1) is 0 Å². The molecule has 12 heavy (non-hydrogen) atoms. The zero-order chi connectivity index (χ0) is 8.97. The van der Waals surface area contributed by atoms with Gasteiger partial charge in [-0.05, 0) is 12.1 Å². The second kappa shape index (κ2) is 4.28. The van der Waals surface area contributed by atoms with Gasteiger partial charge in [-0.3, -0.25) is 9.78 Å². The topological polar surface area (TPSA) is 42.0 Å². The molecule has 1 N–H and O–H groups in total. The van der Waals surface area contributed by atoms with Gasteiger partial charge >= 0.3 is 0 Å². The van der Waals surface area contributed by atoms with Crippen molar-refractivity contribution in [3.63, 3.8) is 0 Å². The molecule has 1 heterocycles. The molecule has 0 aliphatic rings. The molecule has 0 fully saturated rings. The number of nitrogens with one attached hydrogen (secondary N) is 1. The standard InChI is InChI=1S/C7H6Cl2N2O/c8-7(9)11-6(12)5-2-1-3-10-4-5/h1-4,7H,(H,11,12). The van der Waals surface area contributed by atoms with Gasteiger partial charge in [0.1, 0.15) is 0 Å². The van der Waals surface area contributed by atoms with Gasteiger partial charge in [0.05, 0.1) is 5.56 Å². The Kier molecular flexibility index (Phi) is 3.31. The maximum atomic E-state index is 11.1. The SMILES string of the molecule is O=C(NC(Cl)Cl)c1cccnc1. The van der Waals surface area contributed by atoms with Crippen molar-refractivity contribution in [1.82, 2.24) is 10.3 Å². The van der Waals surface area contributed by atoms with Crippen LogP contribution < -0.4 is 5.32 Å². The average Bonchev–Trinajstić information content (AvgIpc) is 2.05. The van der Waals surface area contributed by atoms with Crippen LogP contribution in [0, 0.1) is 0 Å². The predicted octanol–water partition coefficient (Wildman–Crippen LogP) is 1.57. The summed E-state index contributed by atoms with van der Waals surface area (Å²) in [7, 11) is 0. The van der Waals surface area contributed by atoms with Crippen LogP contribution in [0.4, 0.5) is 0 Å². The Bertz CT molecular complexity index is 263. The minimum atomic E-state index is -0.891. The third kappa shape index (κ3) is 2.68. The van der Waals surface area contributed by atoms with Crippen LogP contribution in [-0.2, 0) is 0 Å². The molecular formula is C7H6Cl2N2O. The second-order valence-electron chi connectivity index (χ2n) is 2.02. The van der Waals surface area contributed by atoms with E-state index in [9.17, 15) is 4.79 Å². The zero-order valence-corrected chi connectivity index (χ0v) is 7.51. The fourth-order valence-corrected chi connectivity index (χ4v) is 0.878. The molecule has 64 valence electrons. The van der Waals surface area contributed by atoms with Gasteiger partial charge in [0.2, 0.25) is 0 Å². The third-order valence-corrected chi connectivity index (χ3v) is 1.38. The van der Waals surface area contributed by atoms with Crippen LogP contribution in [0.2, 0.25) is 0 Å². The van der Waals surface area contributed by atoms with Crippen LogP contribution in [0.15, 0.2) is 24.5 Å². The molecule has 0 aliphatic heterocycles. The van der Waals surface area contributed by atoms with Crippen LogP contribution in [0.3, 0.4) is 0 Å². The maximum Gasteiger partial charge on any atom is 0.254 e. The highest BCUT2D eigenvalue weighted by Crippen LogP contribution is 2.00. The lowest BCUT2D eigenvalue weighted by Gasteiger charge is -2.03. The van der Waals surface area contributed by atoms with Crippen molar-refractivity contribution in [2.45, 2.75) is 4.96 Å². The molecule has 0 unspecified atom stereocenters. The van der Waals surface area contributed by atoms with Crippen molar-refractivity contribution in [3.05, 3.63) is 30.1 Å². The molecule has 0 radical (unpaired) electrons. The monoisotopic (exact) mass is 204 g/mol. The molecule has 1 rings (SSSR count). The number of halogens is 2. The van der Waals surface area contributed by atoms with Crippen LogP contribution in [0.5, 0.6) is 0 Å². The summed E-state index contributed by atoms with van der Waals surface area (Å²) in [5, 5.41) is 2.31. The molecule has 1 amide bonds. The molecular weight excluding hydrogens is 199 g/mol. The van der Waals surface area contributed by atoms with Crippen molar-refractivity contribution in [3.8, 4) is 0 Å². The minimum absolute atomic E-state index is 0.335. The van der Waals surface area contributed by atoms with Gasteiger partial charge in [0.25, 0.3) is 5.91 Å². The second-order valence-corrected chi connectivity index (χ2v) is 3.11. The number of hydrogen-bond donors (Lipinski definition) is 1. The van der Waals surface area contributed by atoms with E-state index in [0.29, 0.717) is 5.56 Å². The van der Waals surface area contributed by atoms with Crippen LogP contribution in [-0.4, -0.2) is 15.9 Å². The number of amides is 1.